The minimum absolute atomic E-state index is 0.174. The normalized spacial score (nSPS) is 23.5. The third-order valence-electron chi connectivity index (χ3n) is 2.45. The summed E-state index contributed by atoms with van der Waals surface area (Å²) in [6.07, 6.45) is 1.39. The number of hydrogen-bond acceptors (Lipinski definition) is 5. The topological polar surface area (TPSA) is 103 Å². The fourth-order valence-electron chi connectivity index (χ4n) is 1.37. The van der Waals surface area contributed by atoms with Crippen LogP contribution in [0.15, 0.2) is 22.1 Å². The van der Waals surface area contributed by atoms with Gasteiger partial charge in [0.25, 0.3) is 0 Å². The maximum absolute atomic E-state index is 11.2. The molecular weight excluding hydrogens is 244 g/mol. The van der Waals surface area contributed by atoms with E-state index in [0.29, 0.717) is 5.04 Å². The van der Waals surface area contributed by atoms with Gasteiger partial charge in [-0.1, -0.05) is 0 Å². The molecule has 0 spiro atoms. The standard InChI is InChI=1S/C10H10N2O4S/c1-10(9(15)16)4-17-8(12-10)6-7(14)5(13)2-3-11-6/h2-3,14H,4H2,1H3,(H,11,13)(H,15,16). The number of carboxylic acid groups (broad SMARTS) is 1. The number of aromatic amines is 1. The molecule has 2 rings (SSSR count). The van der Waals surface area contributed by atoms with E-state index in [4.69, 9.17) is 5.11 Å². The average molecular weight is 254 g/mol. The van der Waals surface area contributed by atoms with Crippen molar-refractivity contribution in [2.24, 2.45) is 4.99 Å². The smallest absolute Gasteiger partial charge is 0.332 e. The van der Waals surface area contributed by atoms with Crippen molar-refractivity contribution in [3.63, 3.8) is 0 Å². The van der Waals surface area contributed by atoms with Crippen LogP contribution in [0.4, 0.5) is 0 Å². The fourth-order valence-corrected chi connectivity index (χ4v) is 2.54. The lowest BCUT2D eigenvalue weighted by molar-refractivity contribution is -0.141. The first-order valence-electron chi connectivity index (χ1n) is 4.81. The van der Waals surface area contributed by atoms with Gasteiger partial charge in [0.05, 0.1) is 0 Å². The van der Waals surface area contributed by atoms with Crippen molar-refractivity contribution >= 4 is 22.8 Å². The zero-order valence-electron chi connectivity index (χ0n) is 8.93. The van der Waals surface area contributed by atoms with E-state index in [1.54, 1.807) is 0 Å². The summed E-state index contributed by atoms with van der Waals surface area (Å²) in [6.45, 7) is 1.49. The van der Waals surface area contributed by atoms with E-state index >= 15 is 0 Å². The van der Waals surface area contributed by atoms with Gasteiger partial charge < -0.3 is 15.2 Å². The van der Waals surface area contributed by atoms with E-state index < -0.39 is 22.7 Å². The molecule has 2 heterocycles. The molecule has 1 aromatic rings. The van der Waals surface area contributed by atoms with Gasteiger partial charge in [-0.3, -0.25) is 9.79 Å². The van der Waals surface area contributed by atoms with Gasteiger partial charge in [0.1, 0.15) is 10.7 Å². The Morgan fingerprint density at radius 1 is 1.65 bits per heavy atom. The lowest BCUT2D eigenvalue weighted by atomic mass is 10.1. The molecule has 6 nitrogen and oxygen atoms in total. The van der Waals surface area contributed by atoms with E-state index in [1.165, 1.54) is 30.9 Å². The van der Waals surface area contributed by atoms with Gasteiger partial charge in [-0.2, -0.15) is 0 Å². The Bertz CT molecular complexity index is 566. The number of nitrogens with one attached hydrogen (secondary N) is 1. The van der Waals surface area contributed by atoms with E-state index in [2.05, 4.69) is 9.98 Å². The Morgan fingerprint density at radius 3 is 2.94 bits per heavy atom. The van der Waals surface area contributed by atoms with Crippen LogP contribution in [-0.4, -0.2) is 37.5 Å². The Balaban J connectivity index is 2.47. The van der Waals surface area contributed by atoms with Gasteiger partial charge in [0.2, 0.25) is 5.43 Å². The fraction of sp³-hybridized carbons (Fsp3) is 0.300. The molecule has 3 N–H and O–H groups in total. The van der Waals surface area contributed by atoms with Crippen molar-refractivity contribution in [2.75, 3.05) is 5.75 Å². The predicted molar refractivity (Wildman–Crippen MR) is 63.8 cm³/mol. The number of carboxylic acids is 1. The number of aliphatic carboxylic acids is 1. The number of aliphatic imine (C=N–C) groups is 1. The van der Waals surface area contributed by atoms with Crippen LogP contribution < -0.4 is 5.43 Å². The van der Waals surface area contributed by atoms with Crippen LogP contribution in [0.5, 0.6) is 5.75 Å². The SMILES string of the molecule is CC1(C(=O)O)CSC(c2[nH]ccc(=O)c2O)=N1. The van der Waals surface area contributed by atoms with Crippen molar-refractivity contribution in [3.05, 3.63) is 28.2 Å². The van der Waals surface area contributed by atoms with Crippen LogP contribution >= 0.6 is 11.8 Å². The van der Waals surface area contributed by atoms with Gasteiger partial charge in [-0.05, 0) is 6.92 Å². The van der Waals surface area contributed by atoms with Gasteiger partial charge in [-0.15, -0.1) is 11.8 Å². The highest BCUT2D eigenvalue weighted by molar-refractivity contribution is 8.14. The summed E-state index contributed by atoms with van der Waals surface area (Å²) in [5, 5.41) is 18.9. The largest absolute Gasteiger partial charge is 0.503 e. The number of carbonyl (C=O) groups is 1. The van der Waals surface area contributed by atoms with Crippen molar-refractivity contribution < 1.29 is 15.0 Å². The zero-order valence-corrected chi connectivity index (χ0v) is 9.74. The first-order chi connectivity index (χ1) is 7.94. The minimum Gasteiger partial charge on any atom is -0.503 e. The first-order valence-corrected chi connectivity index (χ1v) is 5.80. The Hall–Kier alpha value is -1.76. The quantitative estimate of drug-likeness (QED) is 0.709. The Kier molecular flexibility index (Phi) is 2.70. The molecular formula is C10H10N2O4S. The molecule has 7 heteroatoms. The number of H-pyrrole nitrogens is 1. The van der Waals surface area contributed by atoms with Crippen LogP contribution in [0.1, 0.15) is 12.6 Å². The van der Waals surface area contributed by atoms with Crippen molar-refractivity contribution in [1.82, 2.24) is 4.98 Å². The molecule has 17 heavy (non-hydrogen) atoms. The summed E-state index contributed by atoms with van der Waals surface area (Å²) in [5.41, 5.74) is -1.56. The monoisotopic (exact) mass is 254 g/mol. The average Bonchev–Trinajstić information content (AvgIpc) is 2.66. The zero-order chi connectivity index (χ0) is 12.6. The molecule has 0 amide bonds. The molecule has 0 saturated carbocycles. The number of aromatic hydroxyl groups is 1. The summed E-state index contributed by atoms with van der Waals surface area (Å²) in [4.78, 5) is 29.0. The van der Waals surface area contributed by atoms with E-state index in [1.807, 2.05) is 0 Å². The third-order valence-corrected chi connectivity index (χ3v) is 3.72. The van der Waals surface area contributed by atoms with E-state index in [-0.39, 0.29) is 11.4 Å². The Morgan fingerprint density at radius 2 is 2.35 bits per heavy atom. The molecule has 90 valence electrons. The van der Waals surface area contributed by atoms with Gasteiger partial charge in [-0.25, -0.2) is 4.79 Å². The second kappa shape index (κ2) is 3.92. The number of thioether (sulfide) groups is 1. The lowest BCUT2D eigenvalue weighted by Gasteiger charge is -2.11. The van der Waals surface area contributed by atoms with Crippen molar-refractivity contribution in [1.29, 1.82) is 0 Å². The maximum atomic E-state index is 11.2. The molecule has 1 aliphatic heterocycles. The molecule has 1 aromatic heterocycles. The predicted octanol–water partition coefficient (Wildman–Crippen LogP) is 0.417. The molecule has 0 bridgehead atoms. The first kappa shape index (κ1) is 11.7. The highest BCUT2D eigenvalue weighted by atomic mass is 32.2. The van der Waals surface area contributed by atoms with Crippen LogP contribution in [0.3, 0.4) is 0 Å². The van der Waals surface area contributed by atoms with Crippen LogP contribution in [0, 0.1) is 0 Å². The molecule has 0 radical (unpaired) electrons. The summed E-state index contributed by atoms with van der Waals surface area (Å²) in [5.74, 6) is -1.19. The minimum atomic E-state index is -1.21. The molecule has 0 aromatic carbocycles. The van der Waals surface area contributed by atoms with Gasteiger partial charge >= 0.3 is 5.97 Å². The number of hydrogen-bond donors (Lipinski definition) is 3. The van der Waals surface area contributed by atoms with Gasteiger partial charge in [0.15, 0.2) is 11.3 Å². The molecule has 1 atom stereocenters. The summed E-state index contributed by atoms with van der Waals surface area (Å²) in [6, 6.07) is 1.19. The van der Waals surface area contributed by atoms with E-state index in [9.17, 15) is 14.7 Å². The number of nitrogens with zero attached hydrogens (tertiary/aromatic N) is 1. The molecule has 0 fully saturated rings. The Labute approximate surface area is 100 Å². The number of aromatic nitrogens is 1. The highest BCUT2D eigenvalue weighted by Gasteiger charge is 2.39. The van der Waals surface area contributed by atoms with Crippen LogP contribution in [-0.2, 0) is 4.79 Å². The lowest BCUT2D eigenvalue weighted by Crippen LogP contribution is -2.33. The van der Waals surface area contributed by atoms with Crippen LogP contribution in [0.2, 0.25) is 0 Å². The molecule has 1 aliphatic rings. The van der Waals surface area contributed by atoms with E-state index in [0.717, 1.165) is 0 Å². The second-order valence-electron chi connectivity index (χ2n) is 3.85. The number of pyridine rings is 1. The van der Waals surface area contributed by atoms with Crippen molar-refractivity contribution in [3.8, 4) is 5.75 Å². The summed E-state index contributed by atoms with van der Waals surface area (Å²) < 4.78 is 0. The molecule has 0 saturated heterocycles. The van der Waals surface area contributed by atoms with Gasteiger partial charge in [0, 0.05) is 18.0 Å². The number of rotatable bonds is 2. The summed E-state index contributed by atoms with van der Waals surface area (Å²) >= 11 is 1.19. The second-order valence-corrected chi connectivity index (χ2v) is 4.81. The van der Waals surface area contributed by atoms with Crippen molar-refractivity contribution in [2.45, 2.75) is 12.5 Å². The summed E-state index contributed by atoms with van der Waals surface area (Å²) in [7, 11) is 0. The van der Waals surface area contributed by atoms with Crippen LogP contribution in [0.25, 0.3) is 0 Å². The highest BCUT2D eigenvalue weighted by Crippen LogP contribution is 2.32. The molecule has 0 aliphatic carbocycles. The maximum Gasteiger partial charge on any atom is 0.332 e. The third kappa shape index (κ3) is 1.93. The molecule has 1 unspecified atom stereocenters.